The lowest BCUT2D eigenvalue weighted by Gasteiger charge is -2.16. The van der Waals surface area contributed by atoms with Crippen LogP contribution in [0, 0.1) is 0 Å². The normalized spacial score (nSPS) is 12.0. The molecule has 0 atom stereocenters. The fourth-order valence-corrected chi connectivity index (χ4v) is 4.85. The van der Waals surface area contributed by atoms with Crippen molar-refractivity contribution < 1.29 is 9.30 Å². The minimum Gasteiger partial charge on any atom is -0.497 e. The molecule has 0 fully saturated rings. The maximum atomic E-state index is 13.9. The summed E-state index contributed by atoms with van der Waals surface area (Å²) in [6.45, 7) is 1.89. The zero-order valence-electron chi connectivity index (χ0n) is 14.3. The SMILES string of the molecule is COc1ccc(C(C)=NP(=O)(c2ccccc2)c2ccccc2)cc1. The number of hydrogen-bond donors (Lipinski definition) is 0. The quantitative estimate of drug-likeness (QED) is 0.505. The number of nitrogens with zero attached hydrogens (tertiary/aromatic N) is 1. The molecule has 0 aliphatic rings. The molecule has 3 aromatic carbocycles. The fourth-order valence-electron chi connectivity index (χ4n) is 2.63. The Bertz CT molecular complexity index is 860. The van der Waals surface area contributed by atoms with Gasteiger partial charge in [-0.3, -0.25) is 4.57 Å². The second-order valence-corrected chi connectivity index (χ2v) is 8.05. The molecule has 3 aromatic rings. The van der Waals surface area contributed by atoms with E-state index in [1.165, 1.54) is 0 Å². The van der Waals surface area contributed by atoms with E-state index >= 15 is 0 Å². The first-order valence-corrected chi connectivity index (χ1v) is 9.72. The summed E-state index contributed by atoms with van der Waals surface area (Å²) in [7, 11) is -1.47. The molecule has 4 heteroatoms. The molecule has 0 amide bonds. The molecule has 0 N–H and O–H groups in total. The van der Waals surface area contributed by atoms with Gasteiger partial charge in [-0.1, -0.05) is 36.4 Å². The Hall–Kier alpha value is -2.64. The molecule has 3 nitrogen and oxygen atoms in total. The number of rotatable bonds is 5. The van der Waals surface area contributed by atoms with Crippen LogP contribution in [-0.2, 0) is 4.57 Å². The average molecular weight is 349 g/mol. The van der Waals surface area contributed by atoms with Crippen molar-refractivity contribution in [1.29, 1.82) is 0 Å². The van der Waals surface area contributed by atoms with E-state index in [0.29, 0.717) is 0 Å². The van der Waals surface area contributed by atoms with E-state index in [1.54, 1.807) is 7.11 Å². The van der Waals surface area contributed by atoms with Gasteiger partial charge in [0.25, 0.3) is 0 Å². The molecule has 0 bridgehead atoms. The predicted octanol–water partition coefficient (Wildman–Crippen LogP) is 4.43. The third kappa shape index (κ3) is 3.72. The minimum absolute atomic E-state index is 0.731. The Morgan fingerprint density at radius 2 is 1.28 bits per heavy atom. The maximum absolute atomic E-state index is 13.9. The van der Waals surface area contributed by atoms with E-state index in [4.69, 9.17) is 9.50 Å². The molecular formula is C21H20NO2P. The third-order valence-electron chi connectivity index (χ3n) is 4.01. The molecule has 0 saturated heterocycles. The van der Waals surface area contributed by atoms with Crippen LogP contribution in [-0.4, -0.2) is 12.8 Å². The second-order valence-electron chi connectivity index (χ2n) is 5.66. The topological polar surface area (TPSA) is 38.7 Å². The highest BCUT2D eigenvalue weighted by Gasteiger charge is 2.26. The van der Waals surface area contributed by atoms with Crippen molar-refractivity contribution >= 4 is 23.6 Å². The zero-order valence-corrected chi connectivity index (χ0v) is 15.2. The smallest absolute Gasteiger partial charge is 0.247 e. The zero-order chi connectivity index (χ0) is 17.7. The fraction of sp³-hybridized carbons (Fsp3) is 0.0952. The molecule has 0 radical (unpaired) electrons. The Morgan fingerprint density at radius 1 is 0.800 bits per heavy atom. The van der Waals surface area contributed by atoms with Crippen molar-refractivity contribution in [2.24, 2.45) is 4.76 Å². The molecule has 126 valence electrons. The second kappa shape index (κ2) is 7.50. The van der Waals surface area contributed by atoms with Crippen LogP contribution in [0.1, 0.15) is 12.5 Å². The third-order valence-corrected chi connectivity index (χ3v) is 6.59. The van der Waals surface area contributed by atoms with E-state index in [9.17, 15) is 4.57 Å². The van der Waals surface area contributed by atoms with Crippen LogP contribution < -0.4 is 15.3 Å². The minimum atomic E-state index is -3.11. The highest BCUT2D eigenvalue weighted by atomic mass is 31.2. The van der Waals surface area contributed by atoms with Gasteiger partial charge in [0, 0.05) is 16.3 Å². The molecule has 0 spiro atoms. The molecule has 0 aliphatic carbocycles. The van der Waals surface area contributed by atoms with E-state index in [2.05, 4.69) is 0 Å². The molecule has 3 rings (SSSR count). The maximum Gasteiger partial charge on any atom is 0.247 e. The largest absolute Gasteiger partial charge is 0.497 e. The monoisotopic (exact) mass is 349 g/mol. The van der Waals surface area contributed by atoms with Crippen LogP contribution in [0.2, 0.25) is 0 Å². The van der Waals surface area contributed by atoms with Crippen molar-refractivity contribution in [2.45, 2.75) is 6.92 Å². The molecule has 0 aliphatic heterocycles. The molecule has 25 heavy (non-hydrogen) atoms. The molecular weight excluding hydrogens is 329 g/mol. The number of methoxy groups -OCH3 is 1. The van der Waals surface area contributed by atoms with Gasteiger partial charge in [0.05, 0.1) is 7.11 Å². The van der Waals surface area contributed by atoms with E-state index in [1.807, 2.05) is 91.9 Å². The highest BCUT2D eigenvalue weighted by Crippen LogP contribution is 2.45. The van der Waals surface area contributed by atoms with Crippen LogP contribution >= 0.6 is 7.29 Å². The van der Waals surface area contributed by atoms with Gasteiger partial charge in [0.15, 0.2) is 0 Å². The molecule has 0 aromatic heterocycles. The van der Waals surface area contributed by atoms with Gasteiger partial charge in [-0.15, -0.1) is 0 Å². The van der Waals surface area contributed by atoms with Gasteiger partial charge < -0.3 is 4.74 Å². The lowest BCUT2D eigenvalue weighted by molar-refractivity contribution is 0.415. The highest BCUT2D eigenvalue weighted by molar-refractivity contribution is 7.77. The van der Waals surface area contributed by atoms with E-state index in [-0.39, 0.29) is 0 Å². The summed E-state index contributed by atoms with van der Waals surface area (Å²) in [5, 5.41) is 1.46. The van der Waals surface area contributed by atoms with E-state index < -0.39 is 7.29 Å². The van der Waals surface area contributed by atoms with Crippen molar-refractivity contribution in [2.75, 3.05) is 7.11 Å². The van der Waals surface area contributed by atoms with Gasteiger partial charge in [0.1, 0.15) is 5.75 Å². The van der Waals surface area contributed by atoms with Crippen molar-refractivity contribution in [3.05, 3.63) is 90.5 Å². The first kappa shape index (κ1) is 17.2. The summed E-state index contributed by atoms with van der Waals surface area (Å²) < 4.78 is 23.8. The number of hydrogen-bond acceptors (Lipinski definition) is 2. The molecule has 0 heterocycles. The van der Waals surface area contributed by atoms with Crippen LogP contribution in [0.4, 0.5) is 0 Å². The molecule has 0 unspecified atom stereocenters. The molecule has 0 saturated carbocycles. The Morgan fingerprint density at radius 3 is 1.72 bits per heavy atom. The lowest BCUT2D eigenvalue weighted by atomic mass is 10.1. The van der Waals surface area contributed by atoms with Crippen molar-refractivity contribution in [3.63, 3.8) is 0 Å². The Kier molecular flexibility index (Phi) is 5.16. The Balaban J connectivity index is 2.10. The van der Waals surface area contributed by atoms with Crippen molar-refractivity contribution in [1.82, 2.24) is 0 Å². The van der Waals surface area contributed by atoms with Gasteiger partial charge >= 0.3 is 0 Å². The summed E-state index contributed by atoms with van der Waals surface area (Å²) >= 11 is 0. The first-order valence-electron chi connectivity index (χ1n) is 8.06. The summed E-state index contributed by atoms with van der Waals surface area (Å²) in [6, 6.07) is 26.5. The van der Waals surface area contributed by atoms with E-state index in [0.717, 1.165) is 27.6 Å². The number of ether oxygens (including phenoxy) is 1. The average Bonchev–Trinajstić information content (AvgIpc) is 2.69. The van der Waals surface area contributed by atoms with Crippen molar-refractivity contribution in [3.8, 4) is 5.75 Å². The summed E-state index contributed by atoms with van der Waals surface area (Å²) in [4.78, 5) is 0. The van der Waals surface area contributed by atoms with Crippen LogP contribution in [0.15, 0.2) is 89.7 Å². The van der Waals surface area contributed by atoms with Gasteiger partial charge in [0.2, 0.25) is 7.29 Å². The van der Waals surface area contributed by atoms with Gasteiger partial charge in [-0.25, -0.2) is 4.76 Å². The first-order chi connectivity index (χ1) is 12.1. The summed E-state index contributed by atoms with van der Waals surface area (Å²) in [5.74, 6) is 0.783. The standard InChI is InChI=1S/C21H20NO2P/c1-17(18-13-15-19(24-2)16-14-18)22-25(23,20-9-5-3-6-10-20)21-11-7-4-8-12-21/h3-16H,1-2H3. The lowest BCUT2D eigenvalue weighted by Crippen LogP contribution is -2.15. The van der Waals surface area contributed by atoms with Crippen LogP contribution in [0.3, 0.4) is 0 Å². The van der Waals surface area contributed by atoms with Gasteiger partial charge in [-0.05, 0) is 61.0 Å². The predicted molar refractivity (Wildman–Crippen MR) is 105 cm³/mol. The van der Waals surface area contributed by atoms with Crippen LogP contribution in [0.5, 0.6) is 5.75 Å². The summed E-state index contributed by atoms with van der Waals surface area (Å²) in [6.07, 6.45) is 0. The van der Waals surface area contributed by atoms with Gasteiger partial charge in [-0.2, -0.15) is 0 Å². The summed E-state index contributed by atoms with van der Waals surface area (Å²) in [5.41, 5.74) is 1.66. The number of benzene rings is 3. The Labute approximate surface area is 148 Å². The van der Waals surface area contributed by atoms with Crippen LogP contribution in [0.25, 0.3) is 0 Å².